The molecule has 2 heterocycles. The van der Waals surface area contributed by atoms with Crippen LogP contribution in [0.3, 0.4) is 0 Å². The van der Waals surface area contributed by atoms with E-state index in [4.69, 9.17) is 0 Å². The molecule has 3 nitrogen and oxygen atoms in total. The lowest BCUT2D eigenvalue weighted by molar-refractivity contribution is 0.111. The van der Waals surface area contributed by atoms with E-state index in [9.17, 15) is 4.79 Å². The molecule has 2 N–H and O–H groups in total. The van der Waals surface area contributed by atoms with E-state index in [0.29, 0.717) is 5.69 Å². The number of aldehydes is 1. The van der Waals surface area contributed by atoms with Gasteiger partial charge in [-0.2, -0.15) is 0 Å². The minimum atomic E-state index is 0.0879. The van der Waals surface area contributed by atoms with Crippen LogP contribution in [0.4, 0.5) is 0 Å². The van der Waals surface area contributed by atoms with Crippen LogP contribution in [-0.4, -0.2) is 16.3 Å². The van der Waals surface area contributed by atoms with Crippen molar-refractivity contribution in [3.05, 3.63) is 83.4 Å². The molecule has 1 aromatic carbocycles. The van der Waals surface area contributed by atoms with Gasteiger partial charge in [0.15, 0.2) is 6.29 Å². The van der Waals surface area contributed by atoms with Crippen LogP contribution >= 0.6 is 0 Å². The Balaban J connectivity index is 2.09. The number of carbonyl (C=O) groups excluding carboxylic acids is 1. The summed E-state index contributed by atoms with van der Waals surface area (Å²) in [5, 5.41) is 0. The van der Waals surface area contributed by atoms with Gasteiger partial charge < -0.3 is 9.97 Å². The highest BCUT2D eigenvalue weighted by molar-refractivity contribution is 5.72. The lowest BCUT2D eigenvalue weighted by Gasteiger charge is -2.15. The van der Waals surface area contributed by atoms with Crippen molar-refractivity contribution in [2.75, 3.05) is 0 Å². The van der Waals surface area contributed by atoms with E-state index in [1.54, 1.807) is 6.07 Å². The summed E-state index contributed by atoms with van der Waals surface area (Å²) in [5.74, 6) is 0.0879. The molecular formula is C16H14N2O. The third-order valence-electron chi connectivity index (χ3n) is 3.24. The summed E-state index contributed by atoms with van der Waals surface area (Å²) in [6.45, 7) is 0. The first kappa shape index (κ1) is 11.5. The second kappa shape index (κ2) is 4.98. The van der Waals surface area contributed by atoms with Crippen LogP contribution in [0.2, 0.25) is 0 Å². The molecule has 0 saturated heterocycles. The van der Waals surface area contributed by atoms with Gasteiger partial charge in [0.25, 0.3) is 0 Å². The Morgan fingerprint density at radius 3 is 2.37 bits per heavy atom. The van der Waals surface area contributed by atoms with Crippen molar-refractivity contribution >= 4 is 6.29 Å². The number of carbonyl (C=O) groups is 1. The number of benzene rings is 1. The zero-order valence-corrected chi connectivity index (χ0v) is 10.3. The Morgan fingerprint density at radius 1 is 0.895 bits per heavy atom. The first-order valence-electron chi connectivity index (χ1n) is 6.21. The molecule has 0 spiro atoms. The quantitative estimate of drug-likeness (QED) is 0.685. The highest BCUT2D eigenvalue weighted by Crippen LogP contribution is 2.29. The van der Waals surface area contributed by atoms with Gasteiger partial charge in [0.05, 0.1) is 11.6 Å². The third-order valence-corrected chi connectivity index (χ3v) is 3.24. The predicted molar refractivity (Wildman–Crippen MR) is 74.4 cm³/mol. The molecule has 0 aliphatic rings. The van der Waals surface area contributed by atoms with Crippen molar-refractivity contribution in [3.8, 4) is 0 Å². The number of rotatable bonds is 4. The minimum Gasteiger partial charge on any atom is -0.364 e. The minimum absolute atomic E-state index is 0.0879. The monoisotopic (exact) mass is 250 g/mol. The highest BCUT2D eigenvalue weighted by Gasteiger charge is 2.18. The van der Waals surface area contributed by atoms with Gasteiger partial charge in [0, 0.05) is 17.6 Å². The van der Waals surface area contributed by atoms with Crippen molar-refractivity contribution in [1.82, 2.24) is 9.97 Å². The summed E-state index contributed by atoms with van der Waals surface area (Å²) >= 11 is 0. The van der Waals surface area contributed by atoms with Gasteiger partial charge in [-0.25, -0.2) is 0 Å². The number of hydrogen-bond acceptors (Lipinski definition) is 1. The molecule has 0 aliphatic heterocycles. The Kier molecular flexibility index (Phi) is 3.02. The molecule has 0 aliphatic carbocycles. The summed E-state index contributed by atoms with van der Waals surface area (Å²) in [7, 11) is 0. The fourth-order valence-electron chi connectivity index (χ4n) is 2.36. The second-order valence-electron chi connectivity index (χ2n) is 4.46. The molecular weight excluding hydrogens is 236 g/mol. The molecule has 0 fully saturated rings. The standard InChI is InChI=1S/C16H14N2O/c19-11-13-8-9-15(18-13)16(14-7-4-10-17-14)12-5-2-1-3-6-12/h1-11,16-18H. The van der Waals surface area contributed by atoms with Gasteiger partial charge in [0.2, 0.25) is 0 Å². The highest BCUT2D eigenvalue weighted by atomic mass is 16.1. The van der Waals surface area contributed by atoms with Gasteiger partial charge in [-0.15, -0.1) is 0 Å². The summed E-state index contributed by atoms with van der Waals surface area (Å²) in [6.07, 6.45) is 2.75. The zero-order chi connectivity index (χ0) is 13.1. The lowest BCUT2D eigenvalue weighted by atomic mass is 9.93. The van der Waals surface area contributed by atoms with Crippen molar-refractivity contribution in [2.24, 2.45) is 0 Å². The van der Waals surface area contributed by atoms with Crippen LogP contribution in [0.5, 0.6) is 0 Å². The summed E-state index contributed by atoms with van der Waals surface area (Å²) in [6, 6.07) is 18.0. The van der Waals surface area contributed by atoms with Gasteiger partial charge >= 0.3 is 0 Å². The lowest BCUT2D eigenvalue weighted by Crippen LogP contribution is -2.04. The average molecular weight is 250 g/mol. The number of H-pyrrole nitrogens is 2. The van der Waals surface area contributed by atoms with Gasteiger partial charge in [-0.3, -0.25) is 4.79 Å². The van der Waals surface area contributed by atoms with Gasteiger partial charge in [0.1, 0.15) is 0 Å². The molecule has 3 heteroatoms. The van der Waals surface area contributed by atoms with Crippen LogP contribution in [-0.2, 0) is 0 Å². The Bertz CT molecular complexity index is 653. The Labute approximate surface area is 111 Å². The molecule has 2 aromatic heterocycles. The summed E-state index contributed by atoms with van der Waals surface area (Å²) in [4.78, 5) is 17.2. The molecule has 0 bridgehead atoms. The van der Waals surface area contributed by atoms with Crippen LogP contribution in [0, 0.1) is 0 Å². The van der Waals surface area contributed by atoms with E-state index in [1.165, 1.54) is 5.56 Å². The van der Waals surface area contributed by atoms with Gasteiger partial charge in [-0.05, 0) is 29.8 Å². The summed E-state index contributed by atoms with van der Waals surface area (Å²) in [5.41, 5.74) is 3.90. The van der Waals surface area contributed by atoms with Crippen LogP contribution < -0.4 is 0 Å². The van der Waals surface area contributed by atoms with Crippen molar-refractivity contribution in [3.63, 3.8) is 0 Å². The Morgan fingerprint density at radius 2 is 1.74 bits per heavy atom. The maximum Gasteiger partial charge on any atom is 0.166 e. The fourth-order valence-corrected chi connectivity index (χ4v) is 2.36. The normalized spacial score (nSPS) is 12.2. The van der Waals surface area contributed by atoms with Crippen LogP contribution in [0.1, 0.15) is 33.4 Å². The first-order chi connectivity index (χ1) is 9.38. The van der Waals surface area contributed by atoms with Crippen molar-refractivity contribution in [2.45, 2.75) is 5.92 Å². The van der Waals surface area contributed by atoms with E-state index in [-0.39, 0.29) is 5.92 Å². The number of nitrogens with one attached hydrogen (secondary N) is 2. The topological polar surface area (TPSA) is 48.6 Å². The molecule has 1 unspecified atom stereocenters. The van der Waals surface area contributed by atoms with Crippen LogP contribution in [0.25, 0.3) is 0 Å². The number of hydrogen-bond donors (Lipinski definition) is 2. The molecule has 3 aromatic rings. The van der Waals surface area contributed by atoms with Crippen LogP contribution in [0.15, 0.2) is 60.8 Å². The Hall–Kier alpha value is -2.55. The van der Waals surface area contributed by atoms with Gasteiger partial charge in [-0.1, -0.05) is 30.3 Å². The molecule has 1 atom stereocenters. The molecule has 94 valence electrons. The van der Waals surface area contributed by atoms with E-state index in [0.717, 1.165) is 17.7 Å². The number of aromatic amines is 2. The smallest absolute Gasteiger partial charge is 0.166 e. The van der Waals surface area contributed by atoms with Crippen molar-refractivity contribution < 1.29 is 4.79 Å². The second-order valence-corrected chi connectivity index (χ2v) is 4.46. The fraction of sp³-hybridized carbons (Fsp3) is 0.0625. The average Bonchev–Trinajstić information content (AvgIpc) is 3.12. The molecule has 0 amide bonds. The largest absolute Gasteiger partial charge is 0.364 e. The molecule has 0 radical (unpaired) electrons. The molecule has 19 heavy (non-hydrogen) atoms. The zero-order valence-electron chi connectivity index (χ0n) is 10.3. The first-order valence-corrected chi connectivity index (χ1v) is 6.21. The van der Waals surface area contributed by atoms with E-state index >= 15 is 0 Å². The maximum atomic E-state index is 10.8. The van der Waals surface area contributed by atoms with Crippen molar-refractivity contribution in [1.29, 1.82) is 0 Å². The van der Waals surface area contributed by atoms with E-state index < -0.39 is 0 Å². The van der Waals surface area contributed by atoms with E-state index in [2.05, 4.69) is 28.2 Å². The summed E-state index contributed by atoms with van der Waals surface area (Å²) < 4.78 is 0. The van der Waals surface area contributed by atoms with E-state index in [1.807, 2.05) is 36.5 Å². The predicted octanol–water partition coefficient (Wildman–Crippen LogP) is 3.34. The maximum absolute atomic E-state index is 10.8. The third kappa shape index (κ3) is 2.22. The SMILES string of the molecule is O=Cc1ccc(C(c2ccccc2)c2ccc[nH]2)[nH]1. The molecule has 0 saturated carbocycles. The molecule has 3 rings (SSSR count). The number of aromatic nitrogens is 2.